The number of hydrogen-bond donors (Lipinski definition) is 1. The summed E-state index contributed by atoms with van der Waals surface area (Å²) in [5, 5.41) is 11.4. The van der Waals surface area contributed by atoms with Crippen molar-refractivity contribution >= 4 is 5.91 Å². The largest absolute Gasteiger partial charge is 0.367 e. The van der Waals surface area contributed by atoms with Crippen LogP contribution in [0.1, 0.15) is 55.4 Å². The van der Waals surface area contributed by atoms with Gasteiger partial charge in [-0.25, -0.2) is 4.98 Å². The zero-order chi connectivity index (χ0) is 17.6. The predicted octanol–water partition coefficient (Wildman–Crippen LogP) is 1.37. The monoisotopic (exact) mass is 344 g/mol. The number of rotatable bonds is 4. The van der Waals surface area contributed by atoms with Crippen molar-refractivity contribution in [2.24, 2.45) is 13.0 Å². The fraction of sp³-hybridized carbons (Fsp3) is 0.647. The van der Waals surface area contributed by atoms with Crippen molar-refractivity contribution in [3.63, 3.8) is 0 Å². The molecule has 2 fully saturated rings. The van der Waals surface area contributed by atoms with Gasteiger partial charge in [-0.15, -0.1) is 0 Å². The van der Waals surface area contributed by atoms with Gasteiger partial charge < -0.3 is 9.64 Å². The van der Waals surface area contributed by atoms with Crippen LogP contribution in [0, 0.1) is 5.92 Å². The second-order valence-corrected chi connectivity index (χ2v) is 7.27. The third-order valence-corrected chi connectivity index (χ3v) is 4.98. The Bertz CT molecular complexity index is 767. The molecule has 4 rings (SSSR count). The van der Waals surface area contributed by atoms with Crippen LogP contribution in [0.2, 0.25) is 0 Å². The number of nitrogens with zero attached hydrogens (tertiary/aromatic N) is 5. The molecular weight excluding hydrogens is 320 g/mol. The maximum atomic E-state index is 12.8. The minimum Gasteiger partial charge on any atom is -0.367 e. The highest BCUT2D eigenvalue weighted by molar-refractivity contribution is 5.83. The fourth-order valence-electron chi connectivity index (χ4n) is 3.41. The van der Waals surface area contributed by atoms with Gasteiger partial charge in [0.2, 0.25) is 5.91 Å². The molecule has 25 heavy (non-hydrogen) atoms. The van der Waals surface area contributed by atoms with Crippen LogP contribution < -0.4 is 0 Å². The average Bonchev–Trinajstić information content (AvgIpc) is 3.03. The van der Waals surface area contributed by atoms with Crippen LogP contribution in [-0.2, 0) is 16.6 Å². The van der Waals surface area contributed by atoms with Crippen LogP contribution in [0.3, 0.4) is 0 Å². The van der Waals surface area contributed by atoms with Crippen molar-refractivity contribution < 1.29 is 9.53 Å². The molecule has 1 N–H and O–H groups in total. The van der Waals surface area contributed by atoms with Crippen LogP contribution in [0.5, 0.6) is 0 Å². The Labute approximate surface area is 146 Å². The summed E-state index contributed by atoms with van der Waals surface area (Å²) in [5.41, 5.74) is 1.16. The lowest BCUT2D eigenvalue weighted by Gasteiger charge is -2.32. The summed E-state index contributed by atoms with van der Waals surface area (Å²) in [6, 6.07) is 0. The predicted molar refractivity (Wildman–Crippen MR) is 89.8 cm³/mol. The highest BCUT2D eigenvalue weighted by Crippen LogP contribution is 2.48. The van der Waals surface area contributed by atoms with Gasteiger partial charge >= 0.3 is 0 Å². The SMILES string of the molecule is CC(C)c1n[nH]c(C2CN(C(=O)C3CC3c3cnn(C)c3)CCO2)n1. The van der Waals surface area contributed by atoms with E-state index in [0.29, 0.717) is 31.4 Å². The standard InChI is InChI=1S/C17H24N6O2/c1-10(2)15-19-16(21-20-15)14-9-23(4-5-25-14)17(24)13-6-12(13)11-7-18-22(3)8-11/h7-8,10,12-14H,4-6,9H2,1-3H3,(H,19,20,21). The number of aryl methyl sites for hydroxylation is 1. The lowest BCUT2D eigenvalue weighted by molar-refractivity contribution is -0.140. The zero-order valence-corrected chi connectivity index (χ0v) is 14.8. The Morgan fingerprint density at radius 3 is 2.96 bits per heavy atom. The number of carbonyl (C=O) groups excluding carboxylic acids is 1. The molecule has 134 valence electrons. The lowest BCUT2D eigenvalue weighted by atomic mass is 10.1. The highest BCUT2D eigenvalue weighted by atomic mass is 16.5. The molecule has 0 radical (unpaired) electrons. The molecule has 1 aliphatic carbocycles. The quantitative estimate of drug-likeness (QED) is 0.905. The number of H-pyrrole nitrogens is 1. The van der Waals surface area contributed by atoms with Crippen LogP contribution >= 0.6 is 0 Å². The topological polar surface area (TPSA) is 88.9 Å². The van der Waals surface area contributed by atoms with E-state index in [1.807, 2.05) is 24.3 Å². The molecule has 0 bridgehead atoms. The maximum Gasteiger partial charge on any atom is 0.226 e. The molecule has 3 atom stereocenters. The molecule has 1 amide bonds. The molecule has 1 saturated heterocycles. The molecule has 2 aromatic heterocycles. The summed E-state index contributed by atoms with van der Waals surface area (Å²) in [7, 11) is 1.90. The lowest BCUT2D eigenvalue weighted by Crippen LogP contribution is -2.43. The summed E-state index contributed by atoms with van der Waals surface area (Å²) >= 11 is 0. The van der Waals surface area contributed by atoms with E-state index in [1.54, 1.807) is 4.68 Å². The second-order valence-electron chi connectivity index (χ2n) is 7.27. The van der Waals surface area contributed by atoms with E-state index < -0.39 is 0 Å². The number of carbonyl (C=O) groups is 1. The first kappa shape index (κ1) is 16.3. The number of ether oxygens (including phenoxy) is 1. The van der Waals surface area contributed by atoms with E-state index in [0.717, 1.165) is 17.8 Å². The van der Waals surface area contributed by atoms with Gasteiger partial charge in [-0.05, 0) is 17.9 Å². The first-order valence-electron chi connectivity index (χ1n) is 8.84. The normalized spacial score (nSPS) is 26.2. The Hall–Kier alpha value is -2.22. The summed E-state index contributed by atoms with van der Waals surface area (Å²) in [4.78, 5) is 19.3. The van der Waals surface area contributed by atoms with Crippen molar-refractivity contribution in [3.05, 3.63) is 29.6 Å². The van der Waals surface area contributed by atoms with Crippen molar-refractivity contribution in [1.82, 2.24) is 29.9 Å². The minimum absolute atomic E-state index is 0.0731. The van der Waals surface area contributed by atoms with Gasteiger partial charge in [0.15, 0.2) is 11.6 Å². The summed E-state index contributed by atoms with van der Waals surface area (Å²) in [6.07, 6.45) is 4.55. The molecule has 3 heterocycles. The number of aromatic nitrogens is 5. The first-order valence-corrected chi connectivity index (χ1v) is 8.84. The molecule has 3 unspecified atom stereocenters. The van der Waals surface area contributed by atoms with Crippen molar-refractivity contribution in [3.8, 4) is 0 Å². The Morgan fingerprint density at radius 2 is 2.28 bits per heavy atom. The van der Waals surface area contributed by atoms with E-state index in [1.165, 1.54) is 0 Å². The first-order chi connectivity index (χ1) is 12.0. The zero-order valence-electron chi connectivity index (χ0n) is 14.8. The molecule has 0 spiro atoms. The Balaban J connectivity index is 1.40. The Kier molecular flexibility index (Phi) is 4.07. The van der Waals surface area contributed by atoms with Gasteiger partial charge in [-0.2, -0.15) is 10.2 Å². The van der Waals surface area contributed by atoms with Crippen LogP contribution in [-0.4, -0.2) is 55.5 Å². The van der Waals surface area contributed by atoms with E-state index in [-0.39, 0.29) is 23.8 Å². The Morgan fingerprint density at radius 1 is 1.44 bits per heavy atom. The molecular formula is C17H24N6O2. The maximum absolute atomic E-state index is 12.8. The van der Waals surface area contributed by atoms with Gasteiger partial charge in [-0.1, -0.05) is 13.8 Å². The van der Waals surface area contributed by atoms with Gasteiger partial charge in [0.05, 0.1) is 19.3 Å². The van der Waals surface area contributed by atoms with Crippen molar-refractivity contribution in [2.75, 3.05) is 19.7 Å². The van der Waals surface area contributed by atoms with Crippen LogP contribution in [0.15, 0.2) is 12.4 Å². The van der Waals surface area contributed by atoms with Gasteiger partial charge in [0.25, 0.3) is 0 Å². The third kappa shape index (κ3) is 3.18. The molecule has 8 nitrogen and oxygen atoms in total. The van der Waals surface area contributed by atoms with Crippen LogP contribution in [0.4, 0.5) is 0 Å². The molecule has 1 aliphatic heterocycles. The highest BCUT2D eigenvalue weighted by Gasteiger charge is 2.47. The van der Waals surface area contributed by atoms with Crippen molar-refractivity contribution in [2.45, 2.75) is 38.2 Å². The minimum atomic E-state index is -0.228. The number of aromatic amines is 1. The second kappa shape index (κ2) is 6.25. The van der Waals surface area contributed by atoms with Crippen LogP contribution in [0.25, 0.3) is 0 Å². The molecule has 0 aromatic carbocycles. The summed E-state index contributed by atoms with van der Waals surface area (Å²) < 4.78 is 7.60. The van der Waals surface area contributed by atoms with Gasteiger partial charge in [0.1, 0.15) is 6.10 Å². The van der Waals surface area contributed by atoms with Gasteiger partial charge in [-0.3, -0.25) is 14.6 Å². The summed E-state index contributed by atoms with van der Waals surface area (Å²) in [5.74, 6) is 2.34. The van der Waals surface area contributed by atoms with E-state index in [4.69, 9.17) is 4.74 Å². The number of morpholine rings is 1. The average molecular weight is 344 g/mol. The molecule has 8 heteroatoms. The molecule has 2 aromatic rings. The third-order valence-electron chi connectivity index (χ3n) is 4.98. The smallest absolute Gasteiger partial charge is 0.226 e. The van der Waals surface area contributed by atoms with E-state index in [9.17, 15) is 4.79 Å². The molecule has 1 saturated carbocycles. The molecule has 2 aliphatic rings. The number of hydrogen-bond acceptors (Lipinski definition) is 5. The fourth-order valence-corrected chi connectivity index (χ4v) is 3.41. The van der Waals surface area contributed by atoms with E-state index in [2.05, 4.69) is 34.1 Å². The summed E-state index contributed by atoms with van der Waals surface area (Å²) in [6.45, 7) is 5.79. The van der Waals surface area contributed by atoms with Crippen molar-refractivity contribution in [1.29, 1.82) is 0 Å². The number of nitrogens with one attached hydrogen (secondary N) is 1. The van der Waals surface area contributed by atoms with E-state index >= 15 is 0 Å². The van der Waals surface area contributed by atoms with Gasteiger partial charge in [0, 0.05) is 31.6 Å². The number of amides is 1.